The van der Waals surface area contributed by atoms with Gasteiger partial charge in [0.25, 0.3) is 0 Å². The smallest absolute Gasteiger partial charge is 0.240 e. The van der Waals surface area contributed by atoms with Gasteiger partial charge in [-0.3, -0.25) is 9.10 Å². The van der Waals surface area contributed by atoms with Crippen LogP contribution in [0.4, 0.5) is 5.69 Å². The summed E-state index contributed by atoms with van der Waals surface area (Å²) >= 11 is 0. The van der Waals surface area contributed by atoms with Crippen molar-refractivity contribution in [3.05, 3.63) is 59.2 Å². The van der Waals surface area contributed by atoms with Gasteiger partial charge in [0.1, 0.15) is 12.3 Å². The molecule has 0 atom stereocenters. The van der Waals surface area contributed by atoms with Gasteiger partial charge in [0.2, 0.25) is 15.9 Å². The maximum Gasteiger partial charge on any atom is 0.240 e. The lowest BCUT2D eigenvalue weighted by Gasteiger charge is -2.24. The molecule has 2 rings (SSSR count). The molecule has 0 heterocycles. The molecule has 0 aromatic heterocycles. The number of benzene rings is 2. The molecule has 0 radical (unpaired) electrons. The molecule has 0 aliphatic carbocycles. The minimum Gasteiger partial charge on any atom is -0.497 e. The predicted molar refractivity (Wildman–Crippen MR) is 108 cm³/mol. The van der Waals surface area contributed by atoms with E-state index in [0.29, 0.717) is 18.7 Å². The number of hydrogen-bond acceptors (Lipinski definition) is 4. The zero-order valence-corrected chi connectivity index (χ0v) is 17.0. The Morgan fingerprint density at radius 1 is 1.11 bits per heavy atom. The Kier molecular flexibility index (Phi) is 6.85. The second-order valence-corrected chi connectivity index (χ2v) is 8.41. The van der Waals surface area contributed by atoms with Crippen molar-refractivity contribution in [1.82, 2.24) is 5.32 Å². The third kappa shape index (κ3) is 5.99. The number of methoxy groups -OCH3 is 1. The number of hydrogen-bond donors (Lipinski definition) is 1. The predicted octanol–water partition coefficient (Wildman–Crippen LogP) is 2.44. The molecule has 0 fully saturated rings. The number of anilines is 1. The molecular formula is C20H26N2O4S. The summed E-state index contributed by atoms with van der Waals surface area (Å²) in [7, 11) is -1.97. The van der Waals surface area contributed by atoms with Crippen molar-refractivity contribution < 1.29 is 17.9 Å². The van der Waals surface area contributed by atoms with Gasteiger partial charge in [-0.25, -0.2) is 8.42 Å². The van der Waals surface area contributed by atoms with Crippen molar-refractivity contribution >= 4 is 21.6 Å². The SMILES string of the molecule is COc1ccc(CCNC(=O)CN(c2ccc(C)cc2C)S(C)(=O)=O)cc1. The first-order chi connectivity index (χ1) is 12.7. The summed E-state index contributed by atoms with van der Waals surface area (Å²) < 4.78 is 30.6. The van der Waals surface area contributed by atoms with Gasteiger partial charge in [-0.05, 0) is 49.6 Å². The van der Waals surface area contributed by atoms with Gasteiger partial charge < -0.3 is 10.1 Å². The Bertz CT molecular complexity index is 893. The second-order valence-electron chi connectivity index (χ2n) is 6.51. The van der Waals surface area contributed by atoms with E-state index in [2.05, 4.69) is 5.32 Å². The average molecular weight is 391 g/mol. The van der Waals surface area contributed by atoms with E-state index in [1.165, 1.54) is 0 Å². The van der Waals surface area contributed by atoms with Gasteiger partial charge in [-0.1, -0.05) is 29.8 Å². The lowest BCUT2D eigenvalue weighted by molar-refractivity contribution is -0.119. The van der Waals surface area contributed by atoms with Gasteiger partial charge >= 0.3 is 0 Å². The lowest BCUT2D eigenvalue weighted by Crippen LogP contribution is -2.41. The van der Waals surface area contributed by atoms with Gasteiger partial charge in [0, 0.05) is 6.54 Å². The molecular weight excluding hydrogens is 364 g/mol. The fourth-order valence-corrected chi connectivity index (χ4v) is 3.70. The molecule has 2 aromatic carbocycles. The van der Waals surface area contributed by atoms with Crippen molar-refractivity contribution in [1.29, 1.82) is 0 Å². The number of carbonyl (C=O) groups is 1. The highest BCUT2D eigenvalue weighted by Gasteiger charge is 2.22. The molecule has 0 saturated heterocycles. The van der Waals surface area contributed by atoms with E-state index in [-0.39, 0.29) is 12.5 Å². The van der Waals surface area contributed by atoms with Crippen LogP contribution in [0.15, 0.2) is 42.5 Å². The van der Waals surface area contributed by atoms with E-state index in [1.807, 2.05) is 50.2 Å². The number of amides is 1. The van der Waals surface area contributed by atoms with E-state index >= 15 is 0 Å². The van der Waals surface area contributed by atoms with Gasteiger partial charge in [0.15, 0.2) is 0 Å². The normalized spacial score (nSPS) is 11.1. The molecule has 0 spiro atoms. The molecule has 2 aromatic rings. The largest absolute Gasteiger partial charge is 0.497 e. The summed E-state index contributed by atoms with van der Waals surface area (Å²) in [5, 5.41) is 2.79. The Hall–Kier alpha value is -2.54. The third-order valence-corrected chi connectivity index (χ3v) is 5.33. The quantitative estimate of drug-likeness (QED) is 0.751. The minimum absolute atomic E-state index is 0.245. The van der Waals surface area contributed by atoms with Gasteiger partial charge in [-0.15, -0.1) is 0 Å². The second kappa shape index (κ2) is 8.90. The first kappa shape index (κ1) is 20.8. The van der Waals surface area contributed by atoms with Crippen LogP contribution in [0.3, 0.4) is 0 Å². The molecule has 0 bridgehead atoms. The molecule has 1 amide bonds. The topological polar surface area (TPSA) is 75.7 Å². The minimum atomic E-state index is -3.57. The van der Waals surface area contributed by atoms with E-state index in [9.17, 15) is 13.2 Å². The number of rotatable bonds is 8. The van der Waals surface area contributed by atoms with E-state index in [1.54, 1.807) is 13.2 Å². The number of aryl methyl sites for hydroxylation is 2. The fourth-order valence-electron chi connectivity index (χ4n) is 2.79. The molecule has 1 N–H and O–H groups in total. The van der Waals surface area contributed by atoms with Crippen molar-refractivity contribution in [3.63, 3.8) is 0 Å². The zero-order valence-electron chi connectivity index (χ0n) is 16.2. The first-order valence-electron chi connectivity index (χ1n) is 8.65. The monoisotopic (exact) mass is 390 g/mol. The highest BCUT2D eigenvalue weighted by atomic mass is 32.2. The maximum absolute atomic E-state index is 12.3. The Morgan fingerprint density at radius 2 is 1.78 bits per heavy atom. The van der Waals surface area contributed by atoms with Crippen molar-refractivity contribution in [2.24, 2.45) is 0 Å². The highest BCUT2D eigenvalue weighted by molar-refractivity contribution is 7.92. The van der Waals surface area contributed by atoms with Crippen LogP contribution in [-0.4, -0.2) is 40.8 Å². The summed E-state index contributed by atoms with van der Waals surface area (Å²) in [5.41, 5.74) is 3.43. The van der Waals surface area contributed by atoms with E-state index < -0.39 is 10.0 Å². The van der Waals surface area contributed by atoms with Gasteiger partial charge in [-0.2, -0.15) is 0 Å². The molecule has 0 aliphatic heterocycles. The number of nitrogens with zero attached hydrogens (tertiary/aromatic N) is 1. The van der Waals surface area contributed by atoms with Crippen LogP contribution in [0, 0.1) is 13.8 Å². The average Bonchev–Trinajstić information content (AvgIpc) is 2.60. The molecule has 146 valence electrons. The van der Waals surface area contributed by atoms with Crippen molar-refractivity contribution in [2.45, 2.75) is 20.3 Å². The Balaban J connectivity index is 1.99. The standard InChI is InChI=1S/C20H26N2O4S/c1-15-5-10-19(16(2)13-15)22(27(4,24)25)14-20(23)21-12-11-17-6-8-18(26-3)9-7-17/h5-10,13H,11-12,14H2,1-4H3,(H,21,23). The Labute approximate surface area is 161 Å². The number of nitrogens with one attached hydrogen (secondary N) is 1. The highest BCUT2D eigenvalue weighted by Crippen LogP contribution is 2.23. The van der Waals surface area contributed by atoms with E-state index in [0.717, 1.165) is 33.0 Å². The van der Waals surface area contributed by atoms with Crippen molar-refractivity contribution in [2.75, 3.05) is 30.8 Å². The number of carbonyl (C=O) groups excluding carboxylic acids is 1. The molecule has 0 saturated carbocycles. The third-order valence-electron chi connectivity index (χ3n) is 4.20. The summed E-state index contributed by atoms with van der Waals surface area (Å²) in [5.74, 6) is 0.439. The maximum atomic E-state index is 12.3. The zero-order chi connectivity index (χ0) is 20.0. The summed E-state index contributed by atoms with van der Waals surface area (Å²) in [6.07, 6.45) is 1.76. The summed E-state index contributed by atoms with van der Waals surface area (Å²) in [6.45, 7) is 3.95. The number of sulfonamides is 1. The van der Waals surface area contributed by atoms with Crippen LogP contribution < -0.4 is 14.4 Å². The van der Waals surface area contributed by atoms with Crippen LogP contribution in [0.1, 0.15) is 16.7 Å². The summed E-state index contributed by atoms with van der Waals surface area (Å²) in [6, 6.07) is 13.1. The fraction of sp³-hybridized carbons (Fsp3) is 0.350. The van der Waals surface area contributed by atoms with E-state index in [4.69, 9.17) is 4.74 Å². The molecule has 0 unspecified atom stereocenters. The first-order valence-corrected chi connectivity index (χ1v) is 10.5. The molecule has 6 nitrogen and oxygen atoms in total. The van der Waals surface area contributed by atoms with Crippen molar-refractivity contribution in [3.8, 4) is 5.75 Å². The molecule has 27 heavy (non-hydrogen) atoms. The molecule has 0 aliphatic rings. The van der Waals surface area contributed by atoms with Crippen LogP contribution in [0.25, 0.3) is 0 Å². The van der Waals surface area contributed by atoms with Crippen LogP contribution in [0.5, 0.6) is 5.75 Å². The van der Waals surface area contributed by atoms with Crippen LogP contribution in [0.2, 0.25) is 0 Å². The van der Waals surface area contributed by atoms with Crippen LogP contribution in [-0.2, 0) is 21.2 Å². The van der Waals surface area contributed by atoms with Crippen LogP contribution >= 0.6 is 0 Å². The lowest BCUT2D eigenvalue weighted by atomic mass is 10.1. The summed E-state index contributed by atoms with van der Waals surface area (Å²) in [4.78, 5) is 12.3. The number of ether oxygens (including phenoxy) is 1. The molecule has 7 heteroatoms. The van der Waals surface area contributed by atoms with Gasteiger partial charge in [0.05, 0.1) is 19.1 Å². The Morgan fingerprint density at radius 3 is 2.33 bits per heavy atom.